The van der Waals surface area contributed by atoms with Gasteiger partial charge in [0.05, 0.1) is 37.9 Å². The van der Waals surface area contributed by atoms with E-state index in [2.05, 4.69) is 10.2 Å². The van der Waals surface area contributed by atoms with Gasteiger partial charge in [-0.3, -0.25) is 19.8 Å². The predicted octanol–water partition coefficient (Wildman–Crippen LogP) is 3.97. The summed E-state index contributed by atoms with van der Waals surface area (Å²) >= 11 is 0. The zero-order valence-corrected chi connectivity index (χ0v) is 19.3. The Bertz CT molecular complexity index is 957. The van der Waals surface area contributed by atoms with Gasteiger partial charge in [0.25, 0.3) is 11.6 Å². The molecule has 1 N–H and O–H groups in total. The number of hydrogen-bond donors (Lipinski definition) is 1. The quantitative estimate of drug-likeness (QED) is 0.425. The highest BCUT2D eigenvalue weighted by molar-refractivity contribution is 5.99. The van der Waals surface area contributed by atoms with E-state index in [0.29, 0.717) is 18.9 Å². The van der Waals surface area contributed by atoms with E-state index in [1.807, 2.05) is 24.3 Å². The zero-order valence-electron chi connectivity index (χ0n) is 19.3. The van der Waals surface area contributed by atoms with Gasteiger partial charge in [-0.25, -0.2) is 0 Å². The third kappa shape index (κ3) is 5.92. The molecule has 1 aliphatic heterocycles. The lowest BCUT2D eigenvalue weighted by atomic mass is 10.0. The van der Waals surface area contributed by atoms with Gasteiger partial charge in [-0.2, -0.15) is 0 Å². The van der Waals surface area contributed by atoms with E-state index in [1.165, 1.54) is 25.7 Å². The molecule has 9 nitrogen and oxygen atoms in total. The number of hydrogen-bond acceptors (Lipinski definition) is 7. The summed E-state index contributed by atoms with van der Waals surface area (Å²) in [5, 5.41) is 14.6. The number of nitro benzene ring substituents is 1. The molecule has 178 valence electrons. The molecular formula is C24H31N3O6. The van der Waals surface area contributed by atoms with Crippen LogP contribution in [0.5, 0.6) is 17.2 Å². The second-order valence-electron chi connectivity index (χ2n) is 7.81. The number of piperidine rings is 1. The molecule has 33 heavy (non-hydrogen) atoms. The van der Waals surface area contributed by atoms with Gasteiger partial charge in [0.2, 0.25) is 0 Å². The van der Waals surface area contributed by atoms with Crippen LogP contribution in [0.2, 0.25) is 0 Å². The average molecular weight is 458 g/mol. The zero-order chi connectivity index (χ0) is 23.8. The molecule has 0 aromatic heterocycles. The molecule has 1 amide bonds. The average Bonchev–Trinajstić information content (AvgIpc) is 2.84. The van der Waals surface area contributed by atoms with Crippen LogP contribution in [0.15, 0.2) is 36.4 Å². The minimum atomic E-state index is -0.585. The van der Waals surface area contributed by atoms with E-state index in [0.717, 1.165) is 37.2 Å². The molecule has 1 fully saturated rings. The van der Waals surface area contributed by atoms with Crippen LogP contribution in [0, 0.1) is 10.1 Å². The van der Waals surface area contributed by atoms with Crippen molar-refractivity contribution in [3.05, 3.63) is 57.6 Å². The Morgan fingerprint density at radius 2 is 1.79 bits per heavy atom. The highest BCUT2D eigenvalue weighted by Gasteiger charge is 2.27. The summed E-state index contributed by atoms with van der Waals surface area (Å²) in [6.45, 7) is 4.31. The largest absolute Gasteiger partial charge is 0.497 e. The van der Waals surface area contributed by atoms with Crippen LogP contribution in [-0.4, -0.2) is 56.2 Å². The summed E-state index contributed by atoms with van der Waals surface area (Å²) in [7, 11) is 3.02. The first-order valence-corrected chi connectivity index (χ1v) is 11.1. The third-order valence-corrected chi connectivity index (χ3v) is 5.81. The number of rotatable bonds is 10. The van der Waals surface area contributed by atoms with E-state index in [-0.39, 0.29) is 23.0 Å². The third-order valence-electron chi connectivity index (χ3n) is 5.81. The van der Waals surface area contributed by atoms with Crippen molar-refractivity contribution in [1.82, 2.24) is 10.2 Å². The summed E-state index contributed by atoms with van der Waals surface area (Å²) in [6.07, 6.45) is 3.39. The number of nitrogens with one attached hydrogen (secondary N) is 1. The number of carbonyl (C=O) groups is 1. The molecule has 0 saturated carbocycles. The predicted molar refractivity (Wildman–Crippen MR) is 124 cm³/mol. The Hall–Kier alpha value is -3.33. The van der Waals surface area contributed by atoms with Crippen LogP contribution in [0.3, 0.4) is 0 Å². The summed E-state index contributed by atoms with van der Waals surface area (Å²) < 4.78 is 16.0. The molecule has 0 radical (unpaired) electrons. The number of benzene rings is 2. The fourth-order valence-corrected chi connectivity index (χ4v) is 4.11. The molecule has 0 spiro atoms. The van der Waals surface area contributed by atoms with Crippen LogP contribution in [-0.2, 0) is 0 Å². The molecule has 1 unspecified atom stereocenters. The lowest BCUT2D eigenvalue weighted by Crippen LogP contribution is -2.40. The summed E-state index contributed by atoms with van der Waals surface area (Å²) in [5.74, 6) is 0.737. The Balaban J connectivity index is 1.85. The van der Waals surface area contributed by atoms with E-state index in [1.54, 1.807) is 14.0 Å². The summed E-state index contributed by atoms with van der Waals surface area (Å²) in [5.41, 5.74) is 0.667. The molecule has 0 aliphatic carbocycles. The van der Waals surface area contributed by atoms with Gasteiger partial charge in [-0.05, 0) is 50.6 Å². The molecule has 3 rings (SSSR count). The van der Waals surface area contributed by atoms with Gasteiger partial charge in [-0.15, -0.1) is 0 Å². The number of carbonyl (C=O) groups excluding carboxylic acids is 1. The lowest BCUT2D eigenvalue weighted by molar-refractivity contribution is -0.385. The minimum absolute atomic E-state index is 0.0520. The number of nitrogens with zero attached hydrogens (tertiary/aromatic N) is 2. The van der Waals surface area contributed by atoms with Gasteiger partial charge in [-0.1, -0.05) is 18.6 Å². The van der Waals surface area contributed by atoms with Crippen molar-refractivity contribution in [2.45, 2.75) is 32.2 Å². The van der Waals surface area contributed by atoms with Crippen molar-refractivity contribution in [1.29, 1.82) is 0 Å². The molecule has 2 aromatic carbocycles. The first-order valence-electron chi connectivity index (χ1n) is 11.1. The Morgan fingerprint density at radius 3 is 2.36 bits per heavy atom. The Labute approximate surface area is 193 Å². The van der Waals surface area contributed by atoms with Crippen molar-refractivity contribution in [3.63, 3.8) is 0 Å². The standard InChI is InChI=1S/C24H31N3O6/c1-4-33-23-14-19(20(27(29)30)15-22(23)32-3)24(28)25-16-21(26-12-6-5-7-13-26)17-8-10-18(31-2)11-9-17/h8-11,14-15,21H,4-7,12-13,16H2,1-3H3,(H,25,28). The monoisotopic (exact) mass is 457 g/mol. The number of amides is 1. The van der Waals surface area contributed by atoms with Gasteiger partial charge < -0.3 is 19.5 Å². The molecule has 1 saturated heterocycles. The van der Waals surface area contributed by atoms with Gasteiger partial charge in [0.1, 0.15) is 11.3 Å². The van der Waals surface area contributed by atoms with Gasteiger partial charge >= 0.3 is 0 Å². The number of ether oxygens (including phenoxy) is 3. The molecule has 9 heteroatoms. The Morgan fingerprint density at radius 1 is 1.09 bits per heavy atom. The van der Waals surface area contributed by atoms with Crippen molar-refractivity contribution >= 4 is 11.6 Å². The normalized spacial score (nSPS) is 14.9. The van der Waals surface area contributed by atoms with Crippen molar-refractivity contribution < 1.29 is 23.9 Å². The Kier molecular flexibility index (Phi) is 8.48. The second-order valence-corrected chi connectivity index (χ2v) is 7.81. The van der Waals surface area contributed by atoms with Crippen LogP contribution >= 0.6 is 0 Å². The smallest absolute Gasteiger partial charge is 0.286 e. The highest BCUT2D eigenvalue weighted by Crippen LogP contribution is 2.35. The van der Waals surface area contributed by atoms with Crippen LogP contribution < -0.4 is 19.5 Å². The van der Waals surface area contributed by atoms with Crippen molar-refractivity contribution in [2.75, 3.05) is 40.5 Å². The number of likely N-dealkylation sites (tertiary alicyclic amines) is 1. The van der Waals surface area contributed by atoms with Crippen LogP contribution in [0.4, 0.5) is 5.69 Å². The maximum atomic E-state index is 13.1. The van der Waals surface area contributed by atoms with E-state index >= 15 is 0 Å². The van der Waals surface area contributed by atoms with E-state index in [4.69, 9.17) is 14.2 Å². The van der Waals surface area contributed by atoms with Crippen molar-refractivity contribution in [2.24, 2.45) is 0 Å². The molecule has 2 aromatic rings. The topological polar surface area (TPSA) is 103 Å². The summed E-state index contributed by atoms with van der Waals surface area (Å²) in [4.78, 5) is 26.5. The molecular weight excluding hydrogens is 426 g/mol. The molecule has 1 aliphatic rings. The molecule has 1 heterocycles. The first kappa shape index (κ1) is 24.3. The SMILES string of the molecule is CCOc1cc(C(=O)NCC(c2ccc(OC)cc2)N2CCCCC2)c([N+](=O)[O-])cc1OC. The van der Waals surface area contributed by atoms with Crippen molar-refractivity contribution in [3.8, 4) is 17.2 Å². The van der Waals surface area contributed by atoms with E-state index < -0.39 is 10.8 Å². The lowest BCUT2D eigenvalue weighted by Gasteiger charge is -2.35. The second kappa shape index (κ2) is 11.5. The van der Waals surface area contributed by atoms with Crippen LogP contribution in [0.1, 0.15) is 48.1 Å². The first-order chi connectivity index (χ1) is 16.0. The van der Waals surface area contributed by atoms with Gasteiger partial charge in [0.15, 0.2) is 11.5 Å². The number of nitro groups is 1. The summed E-state index contributed by atoms with van der Waals surface area (Å²) in [6, 6.07) is 10.3. The highest BCUT2D eigenvalue weighted by atomic mass is 16.6. The fourth-order valence-electron chi connectivity index (χ4n) is 4.11. The van der Waals surface area contributed by atoms with E-state index in [9.17, 15) is 14.9 Å². The maximum Gasteiger partial charge on any atom is 0.286 e. The molecule has 1 atom stereocenters. The van der Waals surface area contributed by atoms with Gasteiger partial charge in [0, 0.05) is 12.6 Å². The molecule has 0 bridgehead atoms. The minimum Gasteiger partial charge on any atom is -0.497 e. The number of methoxy groups -OCH3 is 2. The maximum absolute atomic E-state index is 13.1. The van der Waals surface area contributed by atoms with Crippen LogP contribution in [0.25, 0.3) is 0 Å². The fraction of sp³-hybridized carbons (Fsp3) is 0.458.